The van der Waals surface area contributed by atoms with Gasteiger partial charge in [-0.05, 0) is 12.1 Å². The molecule has 21 heavy (non-hydrogen) atoms. The van der Waals surface area contributed by atoms with Gasteiger partial charge in [0, 0.05) is 17.5 Å². The van der Waals surface area contributed by atoms with Crippen molar-refractivity contribution in [1.82, 2.24) is 20.0 Å². The zero-order valence-electron chi connectivity index (χ0n) is 10.8. The monoisotopic (exact) mass is 285 g/mol. The van der Waals surface area contributed by atoms with Gasteiger partial charge in [0.25, 0.3) is 11.1 Å². The van der Waals surface area contributed by atoms with Gasteiger partial charge in [-0.3, -0.25) is 24.6 Å². The van der Waals surface area contributed by atoms with Crippen LogP contribution in [0, 0.1) is 0 Å². The Morgan fingerprint density at radius 1 is 1.19 bits per heavy atom. The van der Waals surface area contributed by atoms with Crippen LogP contribution in [0.15, 0.2) is 46.0 Å². The molecule has 3 aromatic rings. The highest BCUT2D eigenvalue weighted by Crippen LogP contribution is 2.19. The summed E-state index contributed by atoms with van der Waals surface area (Å²) in [6.07, 6.45) is 0. The molecule has 1 aromatic carbocycles. The van der Waals surface area contributed by atoms with Crippen molar-refractivity contribution in [2.45, 2.75) is 6.54 Å². The second-order valence-corrected chi connectivity index (χ2v) is 4.40. The van der Waals surface area contributed by atoms with Crippen molar-refractivity contribution in [2.75, 3.05) is 5.32 Å². The number of anilines is 1. The number of nitrogens with zero attached hydrogens (tertiary/aromatic N) is 2. The van der Waals surface area contributed by atoms with Crippen LogP contribution < -0.4 is 16.4 Å². The predicted octanol–water partition coefficient (Wildman–Crippen LogP) is 0.0516. The van der Waals surface area contributed by atoms with Crippen LogP contribution in [0.25, 0.3) is 10.9 Å². The molecule has 0 aliphatic rings. The second kappa shape index (κ2) is 5.08. The summed E-state index contributed by atoms with van der Waals surface area (Å²) in [5.41, 5.74) is -0.123. The van der Waals surface area contributed by atoms with Crippen LogP contribution in [0.1, 0.15) is 0 Å². The average molecular weight is 285 g/mol. The number of rotatable bonds is 3. The Bertz CT molecular complexity index is 921. The third-order valence-electron chi connectivity index (χ3n) is 2.92. The minimum atomic E-state index is -0.462. The van der Waals surface area contributed by atoms with Crippen molar-refractivity contribution in [2.24, 2.45) is 0 Å². The second-order valence-electron chi connectivity index (χ2n) is 4.40. The van der Waals surface area contributed by atoms with Crippen LogP contribution in [0.2, 0.25) is 0 Å². The Balaban J connectivity index is 1.82. The molecule has 106 valence electrons. The molecule has 1 amide bonds. The number of H-pyrrole nitrogens is 2. The van der Waals surface area contributed by atoms with E-state index in [0.717, 1.165) is 27.7 Å². The van der Waals surface area contributed by atoms with E-state index in [-0.39, 0.29) is 6.54 Å². The molecular weight excluding hydrogens is 274 g/mol. The van der Waals surface area contributed by atoms with Gasteiger partial charge in [-0.2, -0.15) is 5.10 Å². The summed E-state index contributed by atoms with van der Waals surface area (Å²) in [5.74, 6) is -0.0851. The zero-order chi connectivity index (χ0) is 14.8. The van der Waals surface area contributed by atoms with Crippen molar-refractivity contribution >= 4 is 22.6 Å². The Morgan fingerprint density at radius 3 is 2.86 bits per heavy atom. The summed E-state index contributed by atoms with van der Waals surface area (Å²) in [4.78, 5) is 34.6. The zero-order valence-corrected chi connectivity index (χ0v) is 10.8. The Labute approximate surface area is 117 Å². The van der Waals surface area contributed by atoms with Crippen molar-refractivity contribution in [3.8, 4) is 0 Å². The summed E-state index contributed by atoms with van der Waals surface area (Å²) in [7, 11) is 0. The molecule has 0 radical (unpaired) electrons. The molecule has 3 N–H and O–H groups in total. The number of hydrogen-bond acceptors (Lipinski definition) is 4. The standard InChI is InChI=1S/C13H11N5O3/c19-10-5-6-12(21)18(17-10)7-11(20)14-13-8-3-1-2-4-9(8)15-16-13/h1-6H,7H2,(H,17,19)(H2,14,15,16,20). The normalized spacial score (nSPS) is 10.7. The lowest BCUT2D eigenvalue weighted by molar-refractivity contribution is -0.117. The van der Waals surface area contributed by atoms with E-state index in [0.29, 0.717) is 5.82 Å². The highest BCUT2D eigenvalue weighted by molar-refractivity contribution is 5.99. The third-order valence-corrected chi connectivity index (χ3v) is 2.92. The lowest BCUT2D eigenvalue weighted by Gasteiger charge is -2.05. The van der Waals surface area contributed by atoms with Gasteiger partial charge in [0.15, 0.2) is 5.82 Å². The largest absolute Gasteiger partial charge is 0.307 e. The average Bonchev–Trinajstić information content (AvgIpc) is 2.86. The van der Waals surface area contributed by atoms with Crippen LogP contribution in [0.5, 0.6) is 0 Å². The third kappa shape index (κ3) is 2.59. The van der Waals surface area contributed by atoms with Crippen molar-refractivity contribution < 1.29 is 4.79 Å². The number of carbonyl (C=O) groups excluding carboxylic acids is 1. The van der Waals surface area contributed by atoms with Gasteiger partial charge in [-0.1, -0.05) is 12.1 Å². The number of nitrogens with one attached hydrogen (secondary N) is 3. The highest BCUT2D eigenvalue weighted by Gasteiger charge is 2.10. The number of para-hydroxylation sites is 1. The minimum absolute atomic E-state index is 0.296. The first kappa shape index (κ1) is 12.9. The lowest BCUT2D eigenvalue weighted by atomic mass is 10.2. The molecule has 2 aromatic heterocycles. The Kier molecular flexibility index (Phi) is 3.11. The number of aromatic amines is 2. The van der Waals surface area contributed by atoms with Gasteiger partial charge in [0.1, 0.15) is 6.54 Å². The van der Waals surface area contributed by atoms with Crippen molar-refractivity contribution in [3.63, 3.8) is 0 Å². The minimum Gasteiger partial charge on any atom is -0.307 e. The molecule has 0 unspecified atom stereocenters. The summed E-state index contributed by atoms with van der Waals surface area (Å²) < 4.78 is 0.937. The first-order chi connectivity index (χ1) is 10.1. The first-order valence-corrected chi connectivity index (χ1v) is 6.16. The van der Waals surface area contributed by atoms with E-state index in [2.05, 4.69) is 20.6 Å². The van der Waals surface area contributed by atoms with E-state index >= 15 is 0 Å². The molecule has 0 bridgehead atoms. The lowest BCUT2D eigenvalue weighted by Crippen LogP contribution is -2.32. The number of aromatic nitrogens is 4. The van der Waals surface area contributed by atoms with Gasteiger partial charge in [0.2, 0.25) is 5.91 Å². The molecule has 0 saturated carbocycles. The molecule has 0 spiro atoms. The summed E-state index contributed by atoms with van der Waals surface area (Å²) >= 11 is 0. The van der Waals surface area contributed by atoms with Crippen LogP contribution in [0.3, 0.4) is 0 Å². The summed E-state index contributed by atoms with van der Waals surface area (Å²) in [5, 5.41) is 12.4. The van der Waals surface area contributed by atoms with Gasteiger partial charge < -0.3 is 5.32 Å². The number of amides is 1. The Morgan fingerprint density at radius 2 is 2.00 bits per heavy atom. The van der Waals surface area contributed by atoms with Crippen LogP contribution in [-0.4, -0.2) is 25.9 Å². The SMILES string of the molecule is O=C(Cn1[nH]c(=O)ccc1=O)Nc1n[nH]c2ccccc12. The molecule has 8 nitrogen and oxygen atoms in total. The molecule has 0 aliphatic heterocycles. The fourth-order valence-corrected chi connectivity index (χ4v) is 1.95. The van der Waals surface area contributed by atoms with E-state index < -0.39 is 17.0 Å². The summed E-state index contributed by atoms with van der Waals surface area (Å²) in [6.45, 7) is -0.296. The van der Waals surface area contributed by atoms with Gasteiger partial charge in [-0.25, -0.2) is 4.68 Å². The molecule has 0 aliphatic carbocycles. The van der Waals surface area contributed by atoms with E-state index in [4.69, 9.17) is 0 Å². The van der Waals surface area contributed by atoms with Crippen molar-refractivity contribution in [1.29, 1.82) is 0 Å². The molecule has 3 rings (SSSR count). The molecular formula is C13H11N5O3. The van der Waals surface area contributed by atoms with Crippen LogP contribution >= 0.6 is 0 Å². The maximum atomic E-state index is 11.9. The number of hydrogen-bond donors (Lipinski definition) is 3. The smallest absolute Gasteiger partial charge is 0.265 e. The van der Waals surface area contributed by atoms with E-state index in [1.54, 1.807) is 0 Å². The van der Waals surface area contributed by atoms with Crippen molar-refractivity contribution in [3.05, 3.63) is 57.1 Å². The molecule has 0 atom stereocenters. The molecule has 0 fully saturated rings. The number of benzene rings is 1. The molecule has 0 saturated heterocycles. The van der Waals surface area contributed by atoms with Crippen LogP contribution in [0.4, 0.5) is 5.82 Å². The number of fused-ring (bicyclic) bond motifs is 1. The van der Waals surface area contributed by atoms with Crippen LogP contribution in [-0.2, 0) is 11.3 Å². The van der Waals surface area contributed by atoms with Gasteiger partial charge >= 0.3 is 0 Å². The predicted molar refractivity (Wildman–Crippen MR) is 76.0 cm³/mol. The first-order valence-electron chi connectivity index (χ1n) is 6.16. The van der Waals surface area contributed by atoms with E-state index in [1.807, 2.05) is 24.3 Å². The van der Waals surface area contributed by atoms with Gasteiger partial charge in [0.05, 0.1) is 5.52 Å². The van der Waals surface area contributed by atoms with E-state index in [1.165, 1.54) is 0 Å². The van der Waals surface area contributed by atoms with Gasteiger partial charge in [-0.15, -0.1) is 0 Å². The highest BCUT2D eigenvalue weighted by atomic mass is 16.2. The maximum absolute atomic E-state index is 11.9. The fourth-order valence-electron chi connectivity index (χ4n) is 1.95. The quantitative estimate of drug-likeness (QED) is 0.631. The Hall–Kier alpha value is -3.16. The topological polar surface area (TPSA) is 113 Å². The maximum Gasteiger partial charge on any atom is 0.265 e. The number of carbonyl (C=O) groups is 1. The molecule has 8 heteroatoms. The molecule has 2 heterocycles. The van der Waals surface area contributed by atoms with E-state index in [9.17, 15) is 14.4 Å². The summed E-state index contributed by atoms with van der Waals surface area (Å²) in [6, 6.07) is 9.53. The fraction of sp³-hybridized carbons (Fsp3) is 0.0769.